The molecule has 1 N–H and O–H groups in total. The van der Waals surface area contributed by atoms with Crippen LogP contribution in [-0.2, 0) is 11.2 Å². The van der Waals surface area contributed by atoms with E-state index in [9.17, 15) is 14.4 Å². The molecule has 0 atom stereocenters. The zero-order valence-electron chi connectivity index (χ0n) is 30.9. The van der Waals surface area contributed by atoms with Gasteiger partial charge in [0, 0.05) is 48.6 Å². The molecule has 0 unspecified atom stereocenters. The maximum absolute atomic E-state index is 14.4. The number of aromatic nitrogens is 1. The van der Waals surface area contributed by atoms with Crippen molar-refractivity contribution in [3.63, 3.8) is 0 Å². The maximum Gasteiger partial charge on any atom is 0.159 e. The van der Waals surface area contributed by atoms with Crippen molar-refractivity contribution in [1.29, 1.82) is 5.26 Å². The van der Waals surface area contributed by atoms with Crippen LogP contribution in [-0.4, -0.2) is 42.7 Å². The van der Waals surface area contributed by atoms with Gasteiger partial charge in [-0.2, -0.15) is 5.26 Å². The Morgan fingerprint density at radius 1 is 1.45 bits per heavy atom. The van der Waals surface area contributed by atoms with E-state index in [2.05, 4.69) is 10.3 Å². The number of hydrogen-bond acceptors (Lipinski definition) is 6. The Morgan fingerprint density at radius 3 is 3.00 bits per heavy atom. The summed E-state index contributed by atoms with van der Waals surface area (Å²) in [6.07, 6.45) is -0.171. The van der Waals surface area contributed by atoms with Crippen molar-refractivity contribution in [2.24, 2.45) is 0 Å². The smallest absolute Gasteiger partial charge is 0.159 e. The van der Waals surface area contributed by atoms with Gasteiger partial charge in [0.25, 0.3) is 0 Å². The van der Waals surface area contributed by atoms with Crippen LogP contribution in [0.4, 0.5) is 15.8 Å². The summed E-state index contributed by atoms with van der Waals surface area (Å²) in [5.41, 5.74) is -2.66. The number of likely N-dealkylation sites (N-methyl/N-ethyl adjacent to an activating group) is 1. The van der Waals surface area contributed by atoms with Crippen LogP contribution in [0.5, 0.6) is 5.75 Å². The van der Waals surface area contributed by atoms with Gasteiger partial charge in [0.2, 0.25) is 0 Å². The fourth-order valence-electron chi connectivity index (χ4n) is 2.74. The first-order chi connectivity index (χ1) is 20.9. The number of ether oxygens (including phenoxy) is 1. The summed E-state index contributed by atoms with van der Waals surface area (Å²) in [7, 11) is 0.973. The van der Waals surface area contributed by atoms with Crippen molar-refractivity contribution in [2.75, 3.05) is 32.4 Å². The molecule has 0 saturated carbocycles. The number of fused-ring (bicyclic) bond motifs is 1. The van der Waals surface area contributed by atoms with Crippen LogP contribution in [0.25, 0.3) is 10.9 Å². The average Bonchev–Trinajstić information content (AvgIpc) is 2.95. The predicted octanol–water partition coefficient (Wildman–Crippen LogP) is 4.93. The molecule has 3 rings (SSSR count). The van der Waals surface area contributed by atoms with Gasteiger partial charge >= 0.3 is 0 Å². The summed E-state index contributed by atoms with van der Waals surface area (Å²) in [5.74, 6) is -2.69. The van der Waals surface area contributed by atoms with Crippen molar-refractivity contribution < 1.29 is 31.7 Å². The maximum atomic E-state index is 14.4. The molecule has 0 fully saturated rings. The lowest BCUT2D eigenvalue weighted by Gasteiger charge is -2.15. The summed E-state index contributed by atoms with van der Waals surface area (Å²) < 4.78 is 124. The lowest BCUT2D eigenvalue weighted by molar-refractivity contribution is -0.114. The van der Waals surface area contributed by atoms with Gasteiger partial charge < -0.3 is 15.0 Å². The van der Waals surface area contributed by atoms with Crippen LogP contribution >= 0.6 is 0 Å². The number of ketones is 1. The van der Waals surface area contributed by atoms with Gasteiger partial charge in [-0.25, -0.2) is 4.39 Å². The SMILES string of the molecule is [2H]c1nc2c([2H])c(OC([2H])([2H])C)c(CC(=O)/C=C/C([2H])([2H])N(C)C([2H])([2H])[2H])c([2H])c2c(Nc2c([2H])c([2H])c(F)c(C)c2[2H])c1C#N. The molecular formula is C26H27FN4O2. The zero-order chi connectivity index (χ0) is 35.3. The number of hydrogen-bond donors (Lipinski definition) is 1. The van der Waals surface area contributed by atoms with Gasteiger partial charge in [0.1, 0.15) is 17.6 Å². The molecule has 6 nitrogen and oxygen atoms in total. The molecule has 2 aromatic carbocycles. The average molecular weight is 460 g/mol. The van der Waals surface area contributed by atoms with Crippen LogP contribution in [0.2, 0.25) is 0 Å². The Bertz CT molecular complexity index is 1790. The Labute approximate surface area is 211 Å². The molecule has 0 amide bonds. The first kappa shape index (κ1) is 11.9. The van der Waals surface area contributed by atoms with Gasteiger partial charge in [0.05, 0.1) is 34.3 Å². The number of nitrogens with one attached hydrogen (secondary N) is 1. The molecule has 1 heterocycles. The fraction of sp³-hybridized carbons (Fsp3) is 0.269. The Kier molecular flexibility index (Phi) is 3.87. The third-order valence-electron chi connectivity index (χ3n) is 4.19. The second-order valence-corrected chi connectivity index (χ2v) is 6.65. The van der Waals surface area contributed by atoms with Crippen LogP contribution in [0.15, 0.2) is 48.5 Å². The molecule has 0 saturated heterocycles. The Morgan fingerprint density at radius 2 is 2.27 bits per heavy atom. The molecule has 7 heteroatoms. The van der Waals surface area contributed by atoms with Crippen LogP contribution < -0.4 is 10.1 Å². The topological polar surface area (TPSA) is 78.2 Å². The third kappa shape index (κ3) is 5.93. The van der Waals surface area contributed by atoms with E-state index in [0.29, 0.717) is 17.1 Å². The van der Waals surface area contributed by atoms with E-state index in [0.717, 1.165) is 14.0 Å². The number of allylic oxidation sites excluding steroid dienone is 1. The zero-order valence-corrected chi connectivity index (χ0v) is 17.9. The summed E-state index contributed by atoms with van der Waals surface area (Å²) in [5, 5.41) is 12.1. The molecular weight excluding hydrogens is 419 g/mol. The number of nitrogens with zero attached hydrogens (tertiary/aromatic N) is 3. The number of pyridine rings is 1. The number of carbonyl (C=O) groups is 1. The van der Waals surface area contributed by atoms with Gasteiger partial charge in [-0.3, -0.25) is 9.78 Å². The molecule has 33 heavy (non-hydrogen) atoms. The van der Waals surface area contributed by atoms with Crippen LogP contribution in [0, 0.1) is 24.1 Å². The van der Waals surface area contributed by atoms with E-state index < -0.39 is 114 Å². The molecule has 170 valence electrons. The Balaban J connectivity index is 2.36. The van der Waals surface area contributed by atoms with E-state index in [4.69, 9.17) is 22.6 Å². The van der Waals surface area contributed by atoms with Gasteiger partial charge in [0.15, 0.2) is 5.78 Å². The third-order valence-corrected chi connectivity index (χ3v) is 4.19. The number of carbonyl (C=O) groups excluding carboxylic acids is 1. The van der Waals surface area contributed by atoms with Crippen molar-refractivity contribution in [3.8, 4) is 11.8 Å². The lowest BCUT2D eigenvalue weighted by Crippen LogP contribution is -2.11. The number of rotatable bonds is 9. The van der Waals surface area contributed by atoms with E-state index in [1.807, 2.05) is 0 Å². The summed E-state index contributed by atoms with van der Waals surface area (Å²) in [6, 6.07) is -1.91. The molecule has 0 aliphatic heterocycles. The second kappa shape index (κ2) is 10.7. The highest BCUT2D eigenvalue weighted by Crippen LogP contribution is 2.34. The van der Waals surface area contributed by atoms with Gasteiger partial charge in [-0.15, -0.1) is 0 Å². The molecule has 0 aliphatic carbocycles. The molecule has 1 aromatic heterocycles. The minimum absolute atomic E-state index is 0.318. The quantitative estimate of drug-likeness (QED) is 0.457. The first-order valence-corrected chi connectivity index (χ1v) is 9.48. The fourth-order valence-corrected chi connectivity index (χ4v) is 2.74. The standard InChI is InChI=1S/C26H27FN4O2/c1-5-33-25-14-24-22(13-18(25)12-21(32)7-6-10-31(3)4)26(19(15-28)16-29-24)30-20-8-9-23(27)17(2)11-20/h6-9,11,13-14,16H,5,10,12H2,1-4H3,(H,29,30)/b7-6+/i3D3,5D2,8D,9D,10D2,11D,13D,14D,16D. The summed E-state index contributed by atoms with van der Waals surface area (Å²) >= 11 is 0. The van der Waals surface area contributed by atoms with Crippen LogP contribution in [0.1, 0.15) is 41.4 Å². The first-order valence-electron chi connectivity index (χ1n) is 16.0. The van der Waals surface area contributed by atoms with E-state index in [1.54, 1.807) is 6.07 Å². The normalized spacial score (nSPS) is 18.1. The highest BCUT2D eigenvalue weighted by molar-refractivity contribution is 5.98. The minimum Gasteiger partial charge on any atom is -0.494 e. The number of benzene rings is 2. The van der Waals surface area contributed by atoms with E-state index in [-0.39, 0.29) is 5.56 Å². The molecule has 0 radical (unpaired) electrons. The molecule has 0 bridgehead atoms. The number of nitriles is 1. The highest BCUT2D eigenvalue weighted by Gasteiger charge is 2.16. The summed E-state index contributed by atoms with van der Waals surface area (Å²) in [4.78, 5) is 17.4. The van der Waals surface area contributed by atoms with E-state index >= 15 is 0 Å². The van der Waals surface area contributed by atoms with Crippen molar-refractivity contribution in [3.05, 3.63) is 71.0 Å². The van der Waals surface area contributed by atoms with Crippen molar-refractivity contribution in [2.45, 2.75) is 20.3 Å². The lowest BCUT2D eigenvalue weighted by atomic mass is 10.0. The number of halogens is 1. The largest absolute Gasteiger partial charge is 0.494 e. The minimum atomic E-state index is -2.86. The monoisotopic (exact) mass is 459 g/mol. The molecule has 0 spiro atoms. The van der Waals surface area contributed by atoms with Gasteiger partial charge in [-0.05, 0) is 63.7 Å². The number of anilines is 2. The van der Waals surface area contributed by atoms with E-state index in [1.165, 1.54) is 6.92 Å². The summed E-state index contributed by atoms with van der Waals surface area (Å²) in [6.45, 7) is -5.81. The van der Waals surface area contributed by atoms with Crippen molar-refractivity contribution >= 4 is 28.1 Å². The van der Waals surface area contributed by atoms with Gasteiger partial charge in [-0.1, -0.05) is 6.08 Å². The van der Waals surface area contributed by atoms with Crippen molar-refractivity contribution in [1.82, 2.24) is 9.88 Å². The van der Waals surface area contributed by atoms with Crippen LogP contribution in [0.3, 0.4) is 0 Å². The predicted molar refractivity (Wildman–Crippen MR) is 128 cm³/mol. The molecule has 0 aliphatic rings. The second-order valence-electron chi connectivity index (χ2n) is 6.65. The Hall–Kier alpha value is -3.76. The highest BCUT2D eigenvalue weighted by atomic mass is 19.1. The molecule has 3 aromatic rings.